The summed E-state index contributed by atoms with van der Waals surface area (Å²) in [5.74, 6) is 0.952. The number of para-hydroxylation sites is 1. The fourth-order valence-corrected chi connectivity index (χ4v) is 3.75. The molecule has 0 radical (unpaired) electrons. The van der Waals surface area contributed by atoms with E-state index in [1.165, 1.54) is 11.9 Å². The van der Waals surface area contributed by atoms with Gasteiger partial charge in [0.25, 0.3) is 5.91 Å². The molecule has 0 bridgehead atoms. The number of ether oxygens (including phenoxy) is 1. The fourth-order valence-electron chi connectivity index (χ4n) is 3.75. The van der Waals surface area contributed by atoms with Crippen molar-refractivity contribution in [1.82, 2.24) is 25.1 Å². The molecule has 0 unspecified atom stereocenters. The Labute approximate surface area is 151 Å². The van der Waals surface area contributed by atoms with Gasteiger partial charge in [-0.25, -0.2) is 4.98 Å². The van der Waals surface area contributed by atoms with Crippen molar-refractivity contribution >= 4 is 16.8 Å². The summed E-state index contributed by atoms with van der Waals surface area (Å²) >= 11 is 0. The molecule has 1 fully saturated rings. The number of aromatic amines is 2. The molecule has 1 aliphatic rings. The molecule has 4 rings (SSSR count). The van der Waals surface area contributed by atoms with Crippen LogP contribution >= 0.6 is 0 Å². The number of carbonyl (C=O) groups is 1. The lowest BCUT2D eigenvalue weighted by Gasteiger charge is -2.24. The Morgan fingerprint density at radius 3 is 3.00 bits per heavy atom. The zero-order valence-corrected chi connectivity index (χ0v) is 15.2. The molecule has 2 aromatic heterocycles. The van der Waals surface area contributed by atoms with Gasteiger partial charge in [-0.2, -0.15) is 5.10 Å². The molecule has 136 valence electrons. The normalized spacial score (nSPS) is 20.0. The third kappa shape index (κ3) is 2.78. The van der Waals surface area contributed by atoms with Gasteiger partial charge in [0, 0.05) is 37.2 Å². The van der Waals surface area contributed by atoms with Crippen LogP contribution in [0.2, 0.25) is 0 Å². The maximum atomic E-state index is 13.1. The molecule has 2 atom stereocenters. The average molecular weight is 353 g/mol. The molecule has 7 nitrogen and oxygen atoms in total. The predicted molar refractivity (Wildman–Crippen MR) is 98.2 cm³/mol. The quantitative estimate of drug-likeness (QED) is 0.755. The topological polar surface area (TPSA) is 86.9 Å². The minimum atomic E-state index is -0.0804. The zero-order valence-electron chi connectivity index (χ0n) is 15.2. The van der Waals surface area contributed by atoms with Crippen LogP contribution in [0.4, 0.5) is 0 Å². The smallest absolute Gasteiger partial charge is 0.255 e. The van der Waals surface area contributed by atoms with Crippen molar-refractivity contribution in [2.24, 2.45) is 0 Å². The first-order valence-electron chi connectivity index (χ1n) is 8.86. The molecule has 3 aromatic rings. The number of rotatable bonds is 4. The molecular weight excluding hydrogens is 330 g/mol. The van der Waals surface area contributed by atoms with Crippen LogP contribution in [0.5, 0.6) is 0 Å². The summed E-state index contributed by atoms with van der Waals surface area (Å²) in [5.41, 5.74) is 3.86. The number of likely N-dealkylation sites (N-methyl/N-ethyl adjacent to an activating group) is 1. The third-order valence-electron chi connectivity index (χ3n) is 5.37. The van der Waals surface area contributed by atoms with Crippen LogP contribution in [-0.4, -0.2) is 57.3 Å². The number of amides is 1. The molecule has 1 aliphatic heterocycles. The zero-order chi connectivity index (χ0) is 18.3. The molecule has 1 aromatic carbocycles. The van der Waals surface area contributed by atoms with Crippen LogP contribution in [-0.2, 0) is 4.74 Å². The summed E-state index contributed by atoms with van der Waals surface area (Å²) in [7, 11) is 1.82. The Balaban J connectivity index is 1.56. The van der Waals surface area contributed by atoms with Gasteiger partial charge in [-0.3, -0.25) is 9.89 Å². The number of fused-ring (bicyclic) bond motifs is 1. The minimum Gasteiger partial charge on any atom is -0.376 e. The highest BCUT2D eigenvalue weighted by molar-refractivity contribution is 6.06. The van der Waals surface area contributed by atoms with Gasteiger partial charge in [-0.1, -0.05) is 12.1 Å². The van der Waals surface area contributed by atoms with Crippen molar-refractivity contribution in [2.75, 3.05) is 20.2 Å². The highest BCUT2D eigenvalue weighted by Gasteiger charge is 2.33. The Kier molecular flexibility index (Phi) is 4.24. The van der Waals surface area contributed by atoms with E-state index in [1.54, 1.807) is 4.90 Å². The van der Waals surface area contributed by atoms with E-state index in [4.69, 9.17) is 4.74 Å². The molecule has 0 spiro atoms. The molecular formula is C19H23N5O2. The van der Waals surface area contributed by atoms with E-state index >= 15 is 0 Å². The first-order valence-corrected chi connectivity index (χ1v) is 8.86. The van der Waals surface area contributed by atoms with Gasteiger partial charge in [0.15, 0.2) is 0 Å². The van der Waals surface area contributed by atoms with Crippen molar-refractivity contribution in [3.05, 3.63) is 47.2 Å². The van der Waals surface area contributed by atoms with Crippen molar-refractivity contribution in [2.45, 2.75) is 32.3 Å². The molecule has 0 saturated carbocycles. The van der Waals surface area contributed by atoms with Gasteiger partial charge in [0.1, 0.15) is 12.2 Å². The average Bonchev–Trinajstić information content (AvgIpc) is 3.36. The summed E-state index contributed by atoms with van der Waals surface area (Å²) in [5, 5.41) is 7.95. The van der Waals surface area contributed by atoms with Crippen LogP contribution in [0.1, 0.15) is 39.8 Å². The molecule has 1 amide bonds. The Hall–Kier alpha value is -2.67. The third-order valence-corrected chi connectivity index (χ3v) is 5.37. The number of aryl methyl sites for hydroxylation is 2. The van der Waals surface area contributed by atoms with Crippen LogP contribution in [0.25, 0.3) is 10.9 Å². The number of benzene rings is 1. The van der Waals surface area contributed by atoms with E-state index < -0.39 is 0 Å². The van der Waals surface area contributed by atoms with Gasteiger partial charge < -0.3 is 14.6 Å². The Morgan fingerprint density at radius 1 is 1.38 bits per heavy atom. The SMILES string of the molecule is Cc1[nH]c2c(C(=O)N(C)C[C@H]3OCC[C@H]3c3ncn[nH]3)cccc2c1C. The van der Waals surface area contributed by atoms with Crippen LogP contribution in [0, 0.1) is 13.8 Å². The van der Waals surface area contributed by atoms with Gasteiger partial charge >= 0.3 is 0 Å². The lowest BCUT2D eigenvalue weighted by atomic mass is 10.00. The first-order chi connectivity index (χ1) is 12.6. The van der Waals surface area contributed by atoms with E-state index in [-0.39, 0.29) is 17.9 Å². The maximum Gasteiger partial charge on any atom is 0.255 e. The minimum absolute atomic E-state index is 0.0105. The number of nitrogens with zero attached hydrogens (tertiary/aromatic N) is 3. The van der Waals surface area contributed by atoms with E-state index in [0.29, 0.717) is 18.7 Å². The molecule has 7 heteroatoms. The number of hydrogen-bond acceptors (Lipinski definition) is 4. The Morgan fingerprint density at radius 2 is 2.23 bits per heavy atom. The molecule has 26 heavy (non-hydrogen) atoms. The molecule has 2 N–H and O–H groups in total. The van der Waals surface area contributed by atoms with Crippen LogP contribution in [0.15, 0.2) is 24.5 Å². The number of nitrogens with one attached hydrogen (secondary N) is 2. The van der Waals surface area contributed by atoms with E-state index in [1.807, 2.05) is 32.2 Å². The number of H-pyrrole nitrogens is 2. The Bertz CT molecular complexity index is 931. The highest BCUT2D eigenvalue weighted by atomic mass is 16.5. The lowest BCUT2D eigenvalue weighted by Crippen LogP contribution is -2.36. The summed E-state index contributed by atoms with van der Waals surface area (Å²) in [6, 6.07) is 5.86. The highest BCUT2D eigenvalue weighted by Crippen LogP contribution is 2.30. The summed E-state index contributed by atoms with van der Waals surface area (Å²) in [4.78, 5) is 22.4. The largest absolute Gasteiger partial charge is 0.376 e. The van der Waals surface area contributed by atoms with E-state index in [9.17, 15) is 4.79 Å². The summed E-state index contributed by atoms with van der Waals surface area (Å²) in [6.45, 7) is 5.28. The van der Waals surface area contributed by atoms with Gasteiger partial charge in [-0.15, -0.1) is 0 Å². The summed E-state index contributed by atoms with van der Waals surface area (Å²) < 4.78 is 5.87. The van der Waals surface area contributed by atoms with Gasteiger partial charge in [0.2, 0.25) is 0 Å². The van der Waals surface area contributed by atoms with Crippen molar-refractivity contribution < 1.29 is 9.53 Å². The number of aromatic nitrogens is 4. The van der Waals surface area contributed by atoms with Crippen molar-refractivity contribution in [3.8, 4) is 0 Å². The number of hydrogen-bond donors (Lipinski definition) is 2. The standard InChI is InChI=1S/C19H23N5O2/c1-11-12(2)22-17-13(11)5-4-6-15(17)19(25)24(3)9-16-14(7-8-26-16)18-20-10-21-23-18/h4-6,10,14,16,22H,7-9H2,1-3H3,(H,20,21,23)/t14-,16-/m1/s1. The molecule has 0 aliphatic carbocycles. The van der Waals surface area contributed by atoms with Gasteiger partial charge in [-0.05, 0) is 31.9 Å². The van der Waals surface area contributed by atoms with Crippen LogP contribution < -0.4 is 0 Å². The van der Waals surface area contributed by atoms with Crippen molar-refractivity contribution in [1.29, 1.82) is 0 Å². The maximum absolute atomic E-state index is 13.1. The monoisotopic (exact) mass is 353 g/mol. The second kappa shape index (κ2) is 6.57. The summed E-state index contributed by atoms with van der Waals surface area (Å²) in [6.07, 6.45) is 2.31. The lowest BCUT2D eigenvalue weighted by molar-refractivity contribution is 0.0551. The molecule has 1 saturated heterocycles. The van der Waals surface area contributed by atoms with Crippen molar-refractivity contribution in [3.63, 3.8) is 0 Å². The first kappa shape index (κ1) is 16.8. The predicted octanol–water partition coefficient (Wildman–Crippen LogP) is 2.55. The molecule has 3 heterocycles. The second-order valence-electron chi connectivity index (χ2n) is 6.96. The van der Waals surface area contributed by atoms with E-state index in [2.05, 4.69) is 27.1 Å². The number of carbonyl (C=O) groups excluding carboxylic acids is 1. The second-order valence-corrected chi connectivity index (χ2v) is 6.96. The van der Waals surface area contributed by atoms with Gasteiger partial charge in [0.05, 0.1) is 17.2 Å². The van der Waals surface area contributed by atoms with Crippen LogP contribution in [0.3, 0.4) is 0 Å². The van der Waals surface area contributed by atoms with E-state index in [0.717, 1.165) is 28.8 Å². The fraction of sp³-hybridized carbons (Fsp3) is 0.421.